The number of anilines is 2. The largest absolute Gasteiger partial charge is 0.497 e. The number of amides is 1. The number of ether oxygens (including phenoxy) is 1. The Morgan fingerprint density at radius 2 is 1.73 bits per heavy atom. The van der Waals surface area contributed by atoms with E-state index in [1.165, 1.54) is 0 Å². The van der Waals surface area contributed by atoms with Gasteiger partial charge in [0.05, 0.1) is 18.2 Å². The number of fused-ring (bicyclic) bond motifs is 1. The molecule has 4 rings (SSSR count). The molecule has 0 aliphatic carbocycles. The van der Waals surface area contributed by atoms with Crippen LogP contribution in [0.25, 0.3) is 10.9 Å². The van der Waals surface area contributed by atoms with Crippen LogP contribution in [0.2, 0.25) is 5.02 Å². The highest BCUT2D eigenvalue weighted by Gasteiger charge is 2.13. The lowest BCUT2D eigenvalue weighted by molar-refractivity contribution is 0.0952. The van der Waals surface area contributed by atoms with E-state index in [4.69, 9.17) is 16.3 Å². The van der Waals surface area contributed by atoms with Crippen molar-refractivity contribution in [1.29, 1.82) is 0 Å². The lowest BCUT2D eigenvalue weighted by atomic mass is 10.1. The molecule has 5 nitrogen and oxygen atoms in total. The lowest BCUT2D eigenvalue weighted by Crippen LogP contribution is -2.23. The number of hydrogen-bond donors (Lipinski definition) is 2. The maximum atomic E-state index is 13.0. The van der Waals surface area contributed by atoms with Crippen LogP contribution in [0.3, 0.4) is 0 Å². The van der Waals surface area contributed by atoms with E-state index < -0.39 is 0 Å². The van der Waals surface area contributed by atoms with Crippen LogP contribution in [0.1, 0.15) is 15.9 Å². The zero-order valence-corrected chi connectivity index (χ0v) is 17.1. The summed E-state index contributed by atoms with van der Waals surface area (Å²) in [5.74, 6) is 1.17. The second-order valence-electron chi connectivity index (χ2n) is 6.70. The predicted octanol–water partition coefficient (Wildman–Crippen LogP) is 5.57. The molecule has 4 aromatic rings. The molecule has 1 heterocycles. The van der Waals surface area contributed by atoms with Gasteiger partial charge in [0.15, 0.2) is 0 Å². The summed E-state index contributed by atoms with van der Waals surface area (Å²) in [4.78, 5) is 17.7. The van der Waals surface area contributed by atoms with Crippen molar-refractivity contribution in [2.45, 2.75) is 6.54 Å². The molecule has 0 fully saturated rings. The molecule has 150 valence electrons. The van der Waals surface area contributed by atoms with Crippen LogP contribution in [-0.4, -0.2) is 18.0 Å². The Kier molecular flexibility index (Phi) is 5.82. The van der Waals surface area contributed by atoms with E-state index in [1.807, 2.05) is 72.8 Å². The summed E-state index contributed by atoms with van der Waals surface area (Å²) in [6.45, 7) is 0.344. The van der Waals surface area contributed by atoms with Crippen molar-refractivity contribution in [1.82, 2.24) is 10.3 Å². The summed E-state index contributed by atoms with van der Waals surface area (Å²) in [5, 5.41) is 7.63. The number of nitrogens with one attached hydrogen (secondary N) is 2. The van der Waals surface area contributed by atoms with Crippen LogP contribution in [0.4, 0.5) is 11.5 Å². The van der Waals surface area contributed by atoms with Gasteiger partial charge in [0.2, 0.25) is 0 Å². The number of para-hydroxylation sites is 1. The molecule has 6 heteroatoms. The number of carbonyl (C=O) groups is 1. The van der Waals surface area contributed by atoms with Gasteiger partial charge in [-0.15, -0.1) is 0 Å². The molecule has 2 N–H and O–H groups in total. The first-order valence-corrected chi connectivity index (χ1v) is 9.84. The fraction of sp³-hybridized carbons (Fsp3) is 0.0833. The molecule has 0 saturated carbocycles. The van der Waals surface area contributed by atoms with Crippen LogP contribution in [-0.2, 0) is 6.54 Å². The fourth-order valence-electron chi connectivity index (χ4n) is 3.16. The Hall–Kier alpha value is -3.57. The third kappa shape index (κ3) is 4.36. The maximum absolute atomic E-state index is 13.0. The van der Waals surface area contributed by atoms with Gasteiger partial charge in [-0.1, -0.05) is 48.0 Å². The second kappa shape index (κ2) is 8.84. The van der Waals surface area contributed by atoms with Gasteiger partial charge in [-0.05, 0) is 48.0 Å². The van der Waals surface area contributed by atoms with Crippen LogP contribution in [0.15, 0.2) is 78.9 Å². The number of halogens is 1. The maximum Gasteiger partial charge on any atom is 0.252 e. The average molecular weight is 418 g/mol. The minimum atomic E-state index is -0.189. The van der Waals surface area contributed by atoms with Gasteiger partial charge in [-0.25, -0.2) is 4.98 Å². The number of aromatic nitrogens is 1. The number of nitrogens with zero attached hydrogens (tertiary/aromatic N) is 1. The normalized spacial score (nSPS) is 10.6. The highest BCUT2D eigenvalue weighted by atomic mass is 35.5. The van der Waals surface area contributed by atoms with Crippen LogP contribution >= 0.6 is 11.6 Å². The molecule has 0 spiro atoms. The highest BCUT2D eigenvalue weighted by molar-refractivity contribution is 6.31. The summed E-state index contributed by atoms with van der Waals surface area (Å²) >= 11 is 6.21. The quantitative estimate of drug-likeness (QED) is 0.430. The number of hydrogen-bond acceptors (Lipinski definition) is 4. The molecule has 0 saturated heterocycles. The first kappa shape index (κ1) is 19.7. The average Bonchev–Trinajstić information content (AvgIpc) is 2.78. The molecule has 0 aliphatic heterocycles. The summed E-state index contributed by atoms with van der Waals surface area (Å²) in [6.07, 6.45) is 0. The molecule has 0 atom stereocenters. The number of carbonyl (C=O) groups excluding carboxylic acids is 1. The van der Waals surface area contributed by atoms with Crippen molar-refractivity contribution in [2.75, 3.05) is 12.4 Å². The first-order valence-electron chi connectivity index (χ1n) is 9.46. The van der Waals surface area contributed by atoms with Gasteiger partial charge in [0, 0.05) is 22.6 Å². The monoisotopic (exact) mass is 417 g/mol. The van der Waals surface area contributed by atoms with Gasteiger partial charge >= 0.3 is 0 Å². The summed E-state index contributed by atoms with van der Waals surface area (Å²) in [5.41, 5.74) is 2.99. The summed E-state index contributed by atoms with van der Waals surface area (Å²) < 4.78 is 5.19. The van der Waals surface area contributed by atoms with E-state index in [1.54, 1.807) is 13.2 Å². The SMILES string of the molecule is COc1ccc(Nc2cc(C(=O)NCc3ccccc3Cl)c3ccccc3n2)cc1. The van der Waals surface area contributed by atoms with Crippen molar-refractivity contribution < 1.29 is 9.53 Å². The minimum absolute atomic E-state index is 0.189. The number of methoxy groups -OCH3 is 1. The van der Waals surface area contributed by atoms with Gasteiger partial charge in [-0.2, -0.15) is 0 Å². The van der Waals surface area contributed by atoms with Crippen molar-refractivity contribution in [3.8, 4) is 5.75 Å². The van der Waals surface area contributed by atoms with Gasteiger partial charge in [0.25, 0.3) is 5.91 Å². The Balaban J connectivity index is 1.62. The van der Waals surface area contributed by atoms with E-state index in [9.17, 15) is 4.79 Å². The highest BCUT2D eigenvalue weighted by Crippen LogP contribution is 2.24. The van der Waals surface area contributed by atoms with E-state index >= 15 is 0 Å². The molecule has 0 radical (unpaired) electrons. The Morgan fingerprint density at radius 3 is 2.50 bits per heavy atom. The van der Waals surface area contributed by atoms with Crippen LogP contribution in [0, 0.1) is 0 Å². The molecule has 3 aromatic carbocycles. The second-order valence-corrected chi connectivity index (χ2v) is 7.11. The summed E-state index contributed by atoms with van der Waals surface area (Å²) in [7, 11) is 1.63. The third-order valence-electron chi connectivity index (χ3n) is 4.72. The van der Waals surface area contributed by atoms with Crippen molar-refractivity contribution in [3.63, 3.8) is 0 Å². The van der Waals surface area contributed by atoms with E-state index in [-0.39, 0.29) is 5.91 Å². The minimum Gasteiger partial charge on any atom is -0.497 e. The van der Waals surface area contributed by atoms with E-state index in [0.29, 0.717) is 22.9 Å². The van der Waals surface area contributed by atoms with Gasteiger partial charge in [-0.3, -0.25) is 4.79 Å². The zero-order chi connectivity index (χ0) is 20.9. The zero-order valence-electron chi connectivity index (χ0n) is 16.4. The smallest absolute Gasteiger partial charge is 0.252 e. The Morgan fingerprint density at radius 1 is 1.00 bits per heavy atom. The predicted molar refractivity (Wildman–Crippen MR) is 121 cm³/mol. The molecule has 0 unspecified atom stereocenters. The van der Waals surface area contributed by atoms with E-state index in [0.717, 1.165) is 27.9 Å². The molecule has 1 aromatic heterocycles. The summed E-state index contributed by atoms with van der Waals surface area (Å²) in [6, 6.07) is 24.3. The van der Waals surface area contributed by atoms with E-state index in [2.05, 4.69) is 15.6 Å². The standard InChI is InChI=1S/C24H20ClN3O2/c1-30-18-12-10-17(11-13-18)27-23-14-20(19-7-3-5-9-22(19)28-23)24(29)26-15-16-6-2-4-8-21(16)25/h2-14H,15H2,1H3,(H,26,29)(H,27,28). The molecule has 1 amide bonds. The van der Waals surface area contributed by atoms with Crippen molar-refractivity contribution in [2.24, 2.45) is 0 Å². The van der Waals surface area contributed by atoms with Gasteiger partial charge < -0.3 is 15.4 Å². The topological polar surface area (TPSA) is 63.2 Å². The lowest BCUT2D eigenvalue weighted by Gasteiger charge is -2.12. The Bertz CT molecular complexity index is 1190. The van der Waals surface area contributed by atoms with Gasteiger partial charge in [0.1, 0.15) is 11.6 Å². The van der Waals surface area contributed by atoms with Crippen molar-refractivity contribution >= 4 is 39.9 Å². The number of rotatable bonds is 6. The first-order chi connectivity index (χ1) is 14.6. The fourth-order valence-corrected chi connectivity index (χ4v) is 3.36. The molecular weight excluding hydrogens is 398 g/mol. The number of benzene rings is 3. The molecule has 30 heavy (non-hydrogen) atoms. The molecular formula is C24H20ClN3O2. The van der Waals surface area contributed by atoms with Crippen LogP contribution < -0.4 is 15.4 Å². The van der Waals surface area contributed by atoms with Crippen LogP contribution in [0.5, 0.6) is 5.75 Å². The Labute approximate surface area is 179 Å². The third-order valence-corrected chi connectivity index (χ3v) is 5.09. The van der Waals surface area contributed by atoms with Crippen molar-refractivity contribution in [3.05, 3.63) is 95.0 Å². The molecule has 0 aliphatic rings. The number of pyridine rings is 1. The molecule has 0 bridgehead atoms.